The van der Waals surface area contributed by atoms with Crippen LogP contribution in [-0.2, 0) is 0 Å². The van der Waals surface area contributed by atoms with Gasteiger partial charge in [0.15, 0.2) is 0 Å². The van der Waals surface area contributed by atoms with Gasteiger partial charge in [0.05, 0.1) is 18.3 Å². The van der Waals surface area contributed by atoms with Gasteiger partial charge in [-0.05, 0) is 38.1 Å². The third-order valence-corrected chi connectivity index (χ3v) is 3.19. The number of pyridine rings is 1. The van der Waals surface area contributed by atoms with Crippen LogP contribution >= 0.6 is 0 Å². The number of fused-ring (bicyclic) bond motifs is 1. The molecule has 0 aliphatic rings. The highest BCUT2D eigenvalue weighted by Crippen LogP contribution is 2.27. The lowest BCUT2D eigenvalue weighted by atomic mass is 10.1. The van der Waals surface area contributed by atoms with Crippen molar-refractivity contribution in [2.45, 2.75) is 19.8 Å². The normalized spacial score (nSPS) is 10.7. The van der Waals surface area contributed by atoms with Crippen molar-refractivity contribution in [1.82, 2.24) is 10.3 Å². The molecule has 0 saturated heterocycles. The van der Waals surface area contributed by atoms with E-state index in [9.17, 15) is 0 Å². The van der Waals surface area contributed by atoms with Gasteiger partial charge in [0.25, 0.3) is 0 Å². The van der Waals surface area contributed by atoms with Gasteiger partial charge < -0.3 is 15.4 Å². The van der Waals surface area contributed by atoms with E-state index in [0.717, 1.165) is 48.4 Å². The first-order valence-corrected chi connectivity index (χ1v) is 7.22. The summed E-state index contributed by atoms with van der Waals surface area (Å²) in [5.41, 5.74) is 2.03. The average Bonchev–Trinajstić information content (AvgIpc) is 2.50. The van der Waals surface area contributed by atoms with Crippen molar-refractivity contribution < 1.29 is 4.74 Å². The van der Waals surface area contributed by atoms with E-state index in [-0.39, 0.29) is 0 Å². The number of hydrogen-bond acceptors (Lipinski definition) is 4. The van der Waals surface area contributed by atoms with Crippen LogP contribution in [0.4, 0.5) is 5.69 Å². The van der Waals surface area contributed by atoms with Crippen molar-refractivity contribution in [3.8, 4) is 5.75 Å². The van der Waals surface area contributed by atoms with Gasteiger partial charge in [0.1, 0.15) is 5.75 Å². The van der Waals surface area contributed by atoms with Gasteiger partial charge in [-0.3, -0.25) is 4.98 Å². The zero-order chi connectivity index (χ0) is 14.2. The van der Waals surface area contributed by atoms with E-state index in [1.165, 1.54) is 6.42 Å². The SMILES string of the molecule is CCCNCCCNc1cc(OC)cc2cccnc12. The summed E-state index contributed by atoms with van der Waals surface area (Å²) < 4.78 is 5.34. The predicted molar refractivity (Wildman–Crippen MR) is 84.6 cm³/mol. The fourth-order valence-electron chi connectivity index (χ4n) is 2.16. The summed E-state index contributed by atoms with van der Waals surface area (Å²) in [5.74, 6) is 0.858. The lowest BCUT2D eigenvalue weighted by Crippen LogP contribution is -2.18. The zero-order valence-electron chi connectivity index (χ0n) is 12.3. The first kappa shape index (κ1) is 14.6. The summed E-state index contributed by atoms with van der Waals surface area (Å²) in [6, 6.07) is 8.02. The Balaban J connectivity index is 2.01. The Bertz CT molecular complexity index is 542. The molecule has 0 radical (unpaired) electrons. The smallest absolute Gasteiger partial charge is 0.121 e. The van der Waals surface area contributed by atoms with Gasteiger partial charge in [-0.1, -0.05) is 13.0 Å². The van der Waals surface area contributed by atoms with Gasteiger partial charge in [-0.15, -0.1) is 0 Å². The fraction of sp³-hybridized carbons (Fsp3) is 0.438. The number of nitrogens with one attached hydrogen (secondary N) is 2. The Morgan fingerprint density at radius 3 is 2.90 bits per heavy atom. The zero-order valence-corrected chi connectivity index (χ0v) is 12.3. The summed E-state index contributed by atoms with van der Waals surface area (Å²) in [6.07, 6.45) is 4.09. The lowest BCUT2D eigenvalue weighted by molar-refractivity contribution is 0.415. The molecule has 0 aliphatic carbocycles. The minimum absolute atomic E-state index is 0.858. The first-order valence-electron chi connectivity index (χ1n) is 7.22. The van der Waals surface area contributed by atoms with E-state index < -0.39 is 0 Å². The maximum absolute atomic E-state index is 5.34. The molecule has 1 aromatic carbocycles. The monoisotopic (exact) mass is 273 g/mol. The van der Waals surface area contributed by atoms with Crippen molar-refractivity contribution in [2.24, 2.45) is 0 Å². The molecular weight excluding hydrogens is 250 g/mol. The molecular formula is C16H23N3O. The van der Waals surface area contributed by atoms with Crippen molar-refractivity contribution in [2.75, 3.05) is 32.1 Å². The molecule has 0 atom stereocenters. The summed E-state index contributed by atoms with van der Waals surface area (Å²) >= 11 is 0. The van der Waals surface area contributed by atoms with E-state index in [2.05, 4.69) is 28.6 Å². The molecule has 2 rings (SSSR count). The Morgan fingerprint density at radius 1 is 1.20 bits per heavy atom. The van der Waals surface area contributed by atoms with Gasteiger partial charge >= 0.3 is 0 Å². The van der Waals surface area contributed by atoms with Crippen LogP contribution in [0.1, 0.15) is 19.8 Å². The highest BCUT2D eigenvalue weighted by atomic mass is 16.5. The molecule has 2 aromatic rings. The molecule has 0 amide bonds. The van der Waals surface area contributed by atoms with Crippen LogP contribution < -0.4 is 15.4 Å². The second-order valence-electron chi connectivity index (χ2n) is 4.78. The van der Waals surface area contributed by atoms with Crippen molar-refractivity contribution >= 4 is 16.6 Å². The van der Waals surface area contributed by atoms with E-state index in [1.54, 1.807) is 7.11 Å². The van der Waals surface area contributed by atoms with Crippen LogP contribution in [0.2, 0.25) is 0 Å². The van der Waals surface area contributed by atoms with E-state index in [0.29, 0.717) is 0 Å². The third-order valence-electron chi connectivity index (χ3n) is 3.19. The fourth-order valence-corrected chi connectivity index (χ4v) is 2.16. The lowest BCUT2D eigenvalue weighted by Gasteiger charge is -2.11. The van der Waals surface area contributed by atoms with Crippen molar-refractivity contribution in [1.29, 1.82) is 0 Å². The largest absolute Gasteiger partial charge is 0.497 e. The van der Waals surface area contributed by atoms with Gasteiger partial charge in [-0.25, -0.2) is 0 Å². The van der Waals surface area contributed by atoms with E-state index in [4.69, 9.17) is 4.74 Å². The molecule has 0 fully saturated rings. The Kier molecular flexibility index (Phi) is 5.62. The molecule has 0 spiro atoms. The number of anilines is 1. The van der Waals surface area contributed by atoms with E-state index >= 15 is 0 Å². The third kappa shape index (κ3) is 3.84. The number of ether oxygens (including phenoxy) is 1. The van der Waals surface area contributed by atoms with Gasteiger partial charge in [-0.2, -0.15) is 0 Å². The molecule has 0 bridgehead atoms. The second kappa shape index (κ2) is 7.70. The maximum Gasteiger partial charge on any atom is 0.121 e. The average molecular weight is 273 g/mol. The van der Waals surface area contributed by atoms with Crippen LogP contribution in [0, 0.1) is 0 Å². The standard InChI is InChI=1S/C16H23N3O/c1-3-7-17-8-5-10-18-15-12-14(20-2)11-13-6-4-9-19-16(13)15/h4,6,9,11-12,17-18H,3,5,7-8,10H2,1-2H3. The molecule has 20 heavy (non-hydrogen) atoms. The van der Waals surface area contributed by atoms with Crippen LogP contribution in [0.5, 0.6) is 5.75 Å². The van der Waals surface area contributed by atoms with Crippen LogP contribution in [-0.4, -0.2) is 31.7 Å². The number of hydrogen-bond donors (Lipinski definition) is 2. The van der Waals surface area contributed by atoms with E-state index in [1.807, 2.05) is 24.4 Å². The number of aromatic nitrogens is 1. The quantitative estimate of drug-likeness (QED) is 0.726. The first-order chi connectivity index (χ1) is 9.85. The molecule has 108 valence electrons. The molecule has 0 unspecified atom stereocenters. The molecule has 1 aromatic heterocycles. The Morgan fingerprint density at radius 2 is 2.10 bits per heavy atom. The summed E-state index contributed by atoms with van der Waals surface area (Å²) in [5, 5.41) is 7.95. The molecule has 0 saturated carbocycles. The molecule has 2 N–H and O–H groups in total. The maximum atomic E-state index is 5.34. The summed E-state index contributed by atoms with van der Waals surface area (Å²) in [7, 11) is 1.69. The summed E-state index contributed by atoms with van der Waals surface area (Å²) in [4.78, 5) is 4.45. The van der Waals surface area contributed by atoms with Gasteiger partial charge in [0.2, 0.25) is 0 Å². The number of rotatable bonds is 8. The summed E-state index contributed by atoms with van der Waals surface area (Å²) in [6.45, 7) is 5.23. The second-order valence-corrected chi connectivity index (χ2v) is 4.78. The van der Waals surface area contributed by atoms with Crippen molar-refractivity contribution in [3.63, 3.8) is 0 Å². The minimum Gasteiger partial charge on any atom is -0.497 e. The highest BCUT2D eigenvalue weighted by molar-refractivity contribution is 5.91. The molecule has 0 aliphatic heterocycles. The number of nitrogens with zero attached hydrogens (tertiary/aromatic N) is 1. The predicted octanol–water partition coefficient (Wildman–Crippen LogP) is 3.05. The van der Waals surface area contributed by atoms with Crippen LogP contribution in [0.15, 0.2) is 30.5 Å². The highest BCUT2D eigenvalue weighted by Gasteiger charge is 2.05. The number of benzene rings is 1. The number of methoxy groups -OCH3 is 1. The Hall–Kier alpha value is -1.81. The molecule has 4 nitrogen and oxygen atoms in total. The van der Waals surface area contributed by atoms with Crippen LogP contribution in [0.3, 0.4) is 0 Å². The topological polar surface area (TPSA) is 46.2 Å². The molecule has 1 heterocycles. The molecule has 4 heteroatoms. The minimum atomic E-state index is 0.858. The van der Waals surface area contributed by atoms with Crippen molar-refractivity contribution in [3.05, 3.63) is 30.5 Å². The van der Waals surface area contributed by atoms with Gasteiger partial charge in [0, 0.05) is 24.2 Å². The van der Waals surface area contributed by atoms with Crippen LogP contribution in [0.25, 0.3) is 10.9 Å². The Labute approximate surface area is 120 Å².